The van der Waals surface area contributed by atoms with Crippen molar-refractivity contribution in [2.45, 2.75) is 19.2 Å². The highest BCUT2D eigenvalue weighted by molar-refractivity contribution is 6.17. The molecule has 0 spiro atoms. The number of hydrogen-bond acceptors (Lipinski definition) is 2. The second-order valence-electron chi connectivity index (χ2n) is 2.73. The van der Waals surface area contributed by atoms with Crippen LogP contribution >= 0.6 is 11.6 Å². The lowest BCUT2D eigenvalue weighted by Gasteiger charge is -2.09. The zero-order valence-electron chi connectivity index (χ0n) is 7.39. The maximum atomic E-state index is 12.6. The van der Waals surface area contributed by atoms with Gasteiger partial charge in [0.2, 0.25) is 0 Å². The molecule has 0 aliphatic rings. The van der Waals surface area contributed by atoms with Crippen LogP contribution in [-0.2, 0) is 5.88 Å². The van der Waals surface area contributed by atoms with Crippen molar-refractivity contribution in [3.63, 3.8) is 0 Å². The van der Waals surface area contributed by atoms with Gasteiger partial charge in [-0.3, -0.25) is 0 Å². The molecule has 0 N–H and O–H groups in total. The van der Waals surface area contributed by atoms with Gasteiger partial charge in [-0.15, -0.1) is 11.6 Å². The minimum Gasteiger partial charge on any atom is -0.245 e. The Morgan fingerprint density at radius 1 is 1.64 bits per heavy atom. The third-order valence-corrected chi connectivity index (χ3v) is 2.17. The summed E-state index contributed by atoms with van der Waals surface area (Å²) >= 11 is 5.54. The molecule has 1 rings (SSSR count). The highest BCUT2D eigenvalue weighted by atomic mass is 35.5. The monoisotopic (exact) mass is 216 g/mol. The molecular weight excluding hydrogens is 210 g/mol. The summed E-state index contributed by atoms with van der Waals surface area (Å²) in [6.07, 6.45) is -1.34. The largest absolute Gasteiger partial charge is 0.266 e. The number of aryl methyl sites for hydroxylation is 1. The van der Waals surface area contributed by atoms with Crippen LogP contribution in [0.15, 0.2) is 6.20 Å². The summed E-state index contributed by atoms with van der Waals surface area (Å²) in [4.78, 5) is 3.63. The van der Waals surface area contributed by atoms with Crippen LogP contribution in [0.1, 0.15) is 28.8 Å². The van der Waals surface area contributed by atoms with Crippen LogP contribution < -0.4 is 0 Å². The maximum Gasteiger partial charge on any atom is 0.266 e. The summed E-state index contributed by atoms with van der Waals surface area (Å²) in [5.41, 5.74) is 0.284. The number of nitriles is 1. The molecule has 5 heteroatoms. The fourth-order valence-corrected chi connectivity index (χ4v) is 1.52. The Bertz CT molecular complexity index is 385. The first-order valence-corrected chi connectivity index (χ1v) is 4.37. The highest BCUT2D eigenvalue weighted by Gasteiger charge is 2.20. The van der Waals surface area contributed by atoms with Crippen molar-refractivity contribution in [1.82, 2.24) is 4.98 Å². The first kappa shape index (κ1) is 10.9. The van der Waals surface area contributed by atoms with E-state index in [1.54, 1.807) is 13.0 Å². The Labute approximate surface area is 85.1 Å². The molecule has 0 saturated heterocycles. The van der Waals surface area contributed by atoms with E-state index in [1.165, 1.54) is 6.20 Å². The summed E-state index contributed by atoms with van der Waals surface area (Å²) in [6.45, 7) is 1.64. The van der Waals surface area contributed by atoms with Crippen LogP contribution in [0.3, 0.4) is 0 Å². The predicted molar refractivity (Wildman–Crippen MR) is 48.2 cm³/mol. The second-order valence-corrected chi connectivity index (χ2v) is 3.00. The van der Waals surface area contributed by atoms with E-state index in [-0.39, 0.29) is 17.1 Å². The molecule has 0 radical (unpaired) electrons. The Morgan fingerprint density at radius 3 is 2.71 bits per heavy atom. The number of hydrogen-bond donors (Lipinski definition) is 0. The van der Waals surface area contributed by atoms with E-state index in [1.807, 2.05) is 0 Å². The molecule has 0 aliphatic carbocycles. The molecule has 0 fully saturated rings. The summed E-state index contributed by atoms with van der Waals surface area (Å²) < 4.78 is 25.2. The Hall–Kier alpha value is -1.21. The Morgan fingerprint density at radius 2 is 2.29 bits per heavy atom. The molecule has 1 heterocycles. The molecule has 14 heavy (non-hydrogen) atoms. The van der Waals surface area contributed by atoms with Crippen LogP contribution in [0.25, 0.3) is 0 Å². The Balaban J connectivity index is 3.46. The van der Waals surface area contributed by atoms with E-state index < -0.39 is 6.43 Å². The third kappa shape index (κ3) is 1.83. The highest BCUT2D eigenvalue weighted by Crippen LogP contribution is 2.28. The van der Waals surface area contributed by atoms with E-state index in [4.69, 9.17) is 16.9 Å². The van der Waals surface area contributed by atoms with Gasteiger partial charge in [-0.1, -0.05) is 0 Å². The molecule has 0 atom stereocenters. The summed E-state index contributed by atoms with van der Waals surface area (Å²) in [5.74, 6) is -0.0390. The molecule has 0 aliphatic heterocycles. The van der Waals surface area contributed by atoms with Crippen molar-refractivity contribution in [3.05, 3.63) is 28.6 Å². The number of aromatic nitrogens is 1. The molecule has 1 aromatic rings. The van der Waals surface area contributed by atoms with Crippen molar-refractivity contribution in [3.8, 4) is 6.07 Å². The van der Waals surface area contributed by atoms with Gasteiger partial charge < -0.3 is 0 Å². The van der Waals surface area contributed by atoms with Crippen molar-refractivity contribution in [1.29, 1.82) is 5.26 Å². The zero-order chi connectivity index (χ0) is 10.7. The average Bonchev–Trinajstić information content (AvgIpc) is 2.17. The smallest absolute Gasteiger partial charge is 0.245 e. The van der Waals surface area contributed by atoms with Crippen LogP contribution in [0, 0.1) is 18.3 Å². The quantitative estimate of drug-likeness (QED) is 0.713. The van der Waals surface area contributed by atoms with Gasteiger partial charge in [0.1, 0.15) is 11.8 Å². The fourth-order valence-electron chi connectivity index (χ4n) is 1.17. The van der Waals surface area contributed by atoms with Gasteiger partial charge in [0.05, 0.1) is 5.56 Å². The first-order valence-electron chi connectivity index (χ1n) is 3.84. The molecule has 2 nitrogen and oxygen atoms in total. The predicted octanol–water partition coefficient (Wildman–Crippen LogP) is 2.94. The average molecular weight is 217 g/mol. The third-order valence-electron chi connectivity index (χ3n) is 1.90. The summed E-state index contributed by atoms with van der Waals surface area (Å²) in [5, 5.41) is 8.59. The lowest BCUT2D eigenvalue weighted by molar-refractivity contribution is 0.149. The normalized spacial score (nSPS) is 10.3. The SMILES string of the molecule is Cc1cnc(C#N)c(C(F)F)c1CCl. The molecule has 0 unspecified atom stereocenters. The molecule has 0 saturated carbocycles. The molecule has 0 aromatic carbocycles. The van der Waals surface area contributed by atoms with Crippen LogP contribution in [0.4, 0.5) is 8.78 Å². The molecule has 0 bridgehead atoms. The zero-order valence-corrected chi connectivity index (χ0v) is 8.15. The van der Waals surface area contributed by atoms with Gasteiger partial charge in [-0.05, 0) is 18.1 Å². The molecule has 74 valence electrons. The number of nitrogens with zero attached hydrogens (tertiary/aromatic N) is 2. The Kier molecular flexibility index (Phi) is 3.37. The van der Waals surface area contributed by atoms with E-state index in [0.29, 0.717) is 11.1 Å². The maximum absolute atomic E-state index is 12.6. The summed E-state index contributed by atoms with van der Waals surface area (Å²) in [7, 11) is 0. The lowest BCUT2D eigenvalue weighted by Crippen LogP contribution is -2.02. The topological polar surface area (TPSA) is 36.7 Å². The van der Waals surface area contributed by atoms with E-state index in [9.17, 15) is 8.78 Å². The number of alkyl halides is 3. The van der Waals surface area contributed by atoms with Gasteiger partial charge in [-0.25, -0.2) is 13.8 Å². The molecular formula is C9H7ClF2N2. The number of halogens is 3. The minimum atomic E-state index is -2.72. The minimum absolute atomic E-state index is 0.0390. The van der Waals surface area contributed by atoms with Crippen molar-refractivity contribution in [2.24, 2.45) is 0 Å². The summed E-state index contributed by atoms with van der Waals surface area (Å²) in [6, 6.07) is 1.63. The lowest BCUT2D eigenvalue weighted by atomic mass is 10.0. The van der Waals surface area contributed by atoms with Gasteiger partial charge >= 0.3 is 0 Å². The molecule has 1 aromatic heterocycles. The van der Waals surface area contributed by atoms with Crippen molar-refractivity contribution < 1.29 is 8.78 Å². The number of rotatable bonds is 2. The van der Waals surface area contributed by atoms with Gasteiger partial charge in [0.25, 0.3) is 6.43 Å². The van der Waals surface area contributed by atoms with Gasteiger partial charge in [0.15, 0.2) is 0 Å². The van der Waals surface area contributed by atoms with Crippen molar-refractivity contribution in [2.75, 3.05) is 0 Å². The van der Waals surface area contributed by atoms with Gasteiger partial charge in [-0.2, -0.15) is 5.26 Å². The first-order chi connectivity index (χ1) is 6.61. The van der Waals surface area contributed by atoms with Crippen LogP contribution in [0.2, 0.25) is 0 Å². The number of pyridine rings is 1. The fraction of sp³-hybridized carbons (Fsp3) is 0.333. The van der Waals surface area contributed by atoms with E-state index in [2.05, 4.69) is 4.98 Å². The van der Waals surface area contributed by atoms with Crippen LogP contribution in [-0.4, -0.2) is 4.98 Å². The van der Waals surface area contributed by atoms with E-state index in [0.717, 1.165) is 0 Å². The van der Waals surface area contributed by atoms with E-state index >= 15 is 0 Å². The standard InChI is InChI=1S/C9H7ClF2N2/c1-5-4-14-7(3-13)8(9(11)12)6(5)2-10/h4,9H,2H2,1H3. The second kappa shape index (κ2) is 4.34. The van der Waals surface area contributed by atoms with Gasteiger partial charge in [0, 0.05) is 12.1 Å². The van der Waals surface area contributed by atoms with Crippen LogP contribution in [0.5, 0.6) is 0 Å². The van der Waals surface area contributed by atoms with Crippen molar-refractivity contribution >= 4 is 11.6 Å². The molecule has 0 amide bonds.